The maximum Gasteiger partial charge on any atom is 0.331 e. The molecule has 2 aromatic carbocycles. The van der Waals surface area contributed by atoms with E-state index in [0.717, 1.165) is 16.7 Å². The molecule has 1 amide bonds. The third kappa shape index (κ3) is 6.65. The Morgan fingerprint density at radius 2 is 1.83 bits per heavy atom. The molecule has 0 radical (unpaired) electrons. The summed E-state index contributed by atoms with van der Waals surface area (Å²) >= 11 is 0. The normalized spacial score (nSPS) is 11.8. The molecular weight excluding hydrogens is 382 g/mol. The van der Waals surface area contributed by atoms with Crippen molar-refractivity contribution >= 4 is 18.0 Å². The average molecular weight is 411 g/mol. The first kappa shape index (κ1) is 23.0. The molecule has 0 unspecified atom stereocenters. The van der Waals surface area contributed by atoms with Gasteiger partial charge in [0, 0.05) is 6.08 Å². The Kier molecular flexibility index (Phi) is 8.47. The second-order valence-corrected chi connectivity index (χ2v) is 6.92. The predicted molar refractivity (Wildman–Crippen MR) is 117 cm³/mol. The van der Waals surface area contributed by atoms with Crippen molar-refractivity contribution < 1.29 is 23.8 Å². The number of carbonyl (C=O) groups is 2. The van der Waals surface area contributed by atoms with Crippen molar-refractivity contribution in [2.24, 2.45) is 0 Å². The van der Waals surface area contributed by atoms with Crippen molar-refractivity contribution in [1.82, 2.24) is 5.32 Å². The molecule has 0 aliphatic rings. The number of rotatable bonds is 9. The second-order valence-electron chi connectivity index (χ2n) is 6.92. The van der Waals surface area contributed by atoms with Crippen LogP contribution in [0.25, 0.3) is 6.08 Å². The number of ether oxygens (including phenoxy) is 3. The van der Waals surface area contributed by atoms with Gasteiger partial charge in [-0.2, -0.15) is 0 Å². The van der Waals surface area contributed by atoms with Gasteiger partial charge in [-0.05, 0) is 68.2 Å². The zero-order chi connectivity index (χ0) is 22.1. The number of hydrogen-bond donors (Lipinski definition) is 1. The van der Waals surface area contributed by atoms with Crippen LogP contribution >= 0.6 is 0 Å². The fourth-order valence-corrected chi connectivity index (χ4v) is 2.81. The van der Waals surface area contributed by atoms with E-state index >= 15 is 0 Å². The molecule has 0 aromatic heterocycles. The van der Waals surface area contributed by atoms with E-state index in [1.54, 1.807) is 31.4 Å². The number of hydrogen-bond acceptors (Lipinski definition) is 5. The third-order valence-electron chi connectivity index (χ3n) is 4.65. The number of amides is 1. The minimum Gasteiger partial charge on any atom is -0.493 e. The largest absolute Gasteiger partial charge is 0.493 e. The Hall–Kier alpha value is -3.28. The van der Waals surface area contributed by atoms with Crippen LogP contribution in [0, 0.1) is 13.8 Å². The van der Waals surface area contributed by atoms with Gasteiger partial charge in [0.25, 0.3) is 5.91 Å². The van der Waals surface area contributed by atoms with E-state index < -0.39 is 5.97 Å². The second kappa shape index (κ2) is 11.0. The molecule has 0 fully saturated rings. The monoisotopic (exact) mass is 411 g/mol. The number of nitrogens with one attached hydrogen (secondary N) is 1. The smallest absolute Gasteiger partial charge is 0.331 e. The van der Waals surface area contributed by atoms with Gasteiger partial charge >= 0.3 is 5.97 Å². The van der Waals surface area contributed by atoms with E-state index in [-0.39, 0.29) is 18.6 Å². The summed E-state index contributed by atoms with van der Waals surface area (Å²) in [6.45, 7) is 8.04. The number of methoxy groups -OCH3 is 1. The molecule has 0 bridgehead atoms. The number of benzene rings is 2. The minimum atomic E-state index is -0.600. The molecule has 1 atom stereocenters. The highest BCUT2D eigenvalue weighted by atomic mass is 16.5. The first-order chi connectivity index (χ1) is 14.3. The average Bonchev–Trinajstić information content (AvgIpc) is 2.73. The maximum atomic E-state index is 12.1. The molecule has 0 heterocycles. The summed E-state index contributed by atoms with van der Waals surface area (Å²) in [6.07, 6.45) is 2.87. The molecule has 30 heavy (non-hydrogen) atoms. The minimum absolute atomic E-state index is 0.178. The van der Waals surface area contributed by atoms with E-state index in [0.29, 0.717) is 18.1 Å². The molecule has 2 aromatic rings. The Balaban J connectivity index is 1.86. The van der Waals surface area contributed by atoms with E-state index in [1.165, 1.54) is 11.6 Å². The number of esters is 1. The van der Waals surface area contributed by atoms with Crippen molar-refractivity contribution in [2.75, 3.05) is 20.3 Å². The summed E-state index contributed by atoms with van der Waals surface area (Å²) in [4.78, 5) is 24.0. The SMILES string of the molecule is CCOc1ccc(/C=C/C(=O)OCC(=O)N[C@@H](C)c2ccc(C)c(C)c2)cc1OC. The van der Waals surface area contributed by atoms with Crippen LogP contribution in [0.15, 0.2) is 42.5 Å². The third-order valence-corrected chi connectivity index (χ3v) is 4.65. The zero-order valence-electron chi connectivity index (χ0n) is 18.2. The van der Waals surface area contributed by atoms with Crippen LogP contribution < -0.4 is 14.8 Å². The number of carbonyl (C=O) groups excluding carboxylic acids is 2. The van der Waals surface area contributed by atoms with E-state index in [2.05, 4.69) is 5.32 Å². The van der Waals surface area contributed by atoms with Gasteiger partial charge in [-0.15, -0.1) is 0 Å². The molecule has 0 aliphatic heterocycles. The van der Waals surface area contributed by atoms with Crippen LogP contribution in [-0.2, 0) is 14.3 Å². The van der Waals surface area contributed by atoms with Crippen LogP contribution in [0.3, 0.4) is 0 Å². The van der Waals surface area contributed by atoms with Gasteiger partial charge in [-0.25, -0.2) is 4.79 Å². The van der Waals surface area contributed by atoms with Crippen LogP contribution in [0.4, 0.5) is 0 Å². The lowest BCUT2D eigenvalue weighted by atomic mass is 10.0. The van der Waals surface area contributed by atoms with Crippen molar-refractivity contribution in [3.63, 3.8) is 0 Å². The van der Waals surface area contributed by atoms with Gasteiger partial charge in [0.2, 0.25) is 0 Å². The van der Waals surface area contributed by atoms with Crippen LogP contribution in [0.5, 0.6) is 11.5 Å². The molecule has 0 saturated heterocycles. The molecule has 6 heteroatoms. The summed E-state index contributed by atoms with van der Waals surface area (Å²) in [5.74, 6) is 0.253. The maximum absolute atomic E-state index is 12.1. The summed E-state index contributed by atoms with van der Waals surface area (Å²) in [5, 5.41) is 2.83. The standard InChI is InChI=1S/C24H29NO5/c1-6-29-21-11-8-19(14-22(21)28-5)9-12-24(27)30-15-23(26)25-18(4)20-10-7-16(2)17(3)13-20/h7-14,18H,6,15H2,1-5H3,(H,25,26)/b12-9+/t18-/m0/s1. The first-order valence-electron chi connectivity index (χ1n) is 9.86. The van der Waals surface area contributed by atoms with E-state index in [1.807, 2.05) is 45.9 Å². The molecule has 2 rings (SSSR count). The zero-order valence-corrected chi connectivity index (χ0v) is 18.2. The van der Waals surface area contributed by atoms with Crippen molar-refractivity contribution in [3.8, 4) is 11.5 Å². The highest BCUT2D eigenvalue weighted by Crippen LogP contribution is 2.28. The lowest BCUT2D eigenvalue weighted by Crippen LogP contribution is -2.31. The summed E-state index contributed by atoms with van der Waals surface area (Å²) in [6, 6.07) is 11.2. The molecule has 1 N–H and O–H groups in total. The first-order valence-corrected chi connectivity index (χ1v) is 9.86. The van der Waals surface area contributed by atoms with Gasteiger partial charge in [-0.3, -0.25) is 4.79 Å². The van der Waals surface area contributed by atoms with E-state index in [4.69, 9.17) is 14.2 Å². The van der Waals surface area contributed by atoms with Crippen LogP contribution in [-0.4, -0.2) is 32.2 Å². The Labute approximate surface area is 177 Å². The number of aryl methyl sites for hydroxylation is 2. The Morgan fingerprint density at radius 3 is 2.50 bits per heavy atom. The van der Waals surface area contributed by atoms with Crippen molar-refractivity contribution in [1.29, 1.82) is 0 Å². The van der Waals surface area contributed by atoms with Crippen molar-refractivity contribution in [3.05, 3.63) is 64.7 Å². The predicted octanol–water partition coefficient (Wildman–Crippen LogP) is 4.14. The highest BCUT2D eigenvalue weighted by Gasteiger charge is 2.12. The fourth-order valence-electron chi connectivity index (χ4n) is 2.81. The quantitative estimate of drug-likeness (QED) is 0.496. The van der Waals surface area contributed by atoms with Crippen molar-refractivity contribution in [2.45, 2.75) is 33.7 Å². The topological polar surface area (TPSA) is 73.9 Å². The highest BCUT2D eigenvalue weighted by molar-refractivity contribution is 5.89. The lowest BCUT2D eigenvalue weighted by molar-refractivity contribution is -0.144. The lowest BCUT2D eigenvalue weighted by Gasteiger charge is -2.15. The Morgan fingerprint density at radius 1 is 1.07 bits per heavy atom. The van der Waals surface area contributed by atoms with Gasteiger partial charge in [0.05, 0.1) is 19.8 Å². The van der Waals surface area contributed by atoms with Crippen LogP contribution in [0.2, 0.25) is 0 Å². The molecule has 6 nitrogen and oxygen atoms in total. The Bertz CT molecular complexity index is 920. The molecule has 0 aliphatic carbocycles. The summed E-state index contributed by atoms with van der Waals surface area (Å²) in [7, 11) is 1.55. The molecular formula is C24H29NO5. The summed E-state index contributed by atoms with van der Waals surface area (Å²) < 4.78 is 15.8. The molecule has 0 spiro atoms. The van der Waals surface area contributed by atoms with Gasteiger partial charge < -0.3 is 19.5 Å². The molecule has 0 saturated carbocycles. The van der Waals surface area contributed by atoms with Gasteiger partial charge in [-0.1, -0.05) is 24.3 Å². The van der Waals surface area contributed by atoms with Gasteiger partial charge in [0.1, 0.15) is 0 Å². The van der Waals surface area contributed by atoms with Gasteiger partial charge in [0.15, 0.2) is 18.1 Å². The van der Waals surface area contributed by atoms with E-state index in [9.17, 15) is 9.59 Å². The summed E-state index contributed by atoms with van der Waals surface area (Å²) in [5.41, 5.74) is 4.11. The molecule has 160 valence electrons. The fraction of sp³-hybridized carbons (Fsp3) is 0.333. The van der Waals surface area contributed by atoms with Crippen LogP contribution in [0.1, 0.15) is 42.1 Å².